The molecule has 0 saturated carbocycles. The van der Waals surface area contributed by atoms with Crippen LogP contribution in [0.15, 0.2) is 35.7 Å². The van der Waals surface area contributed by atoms with E-state index in [1.807, 2.05) is 44.2 Å². The average molecular weight is 428 g/mol. The zero-order chi connectivity index (χ0) is 21.3. The largest absolute Gasteiger partial charge is 0.368 e. The lowest BCUT2D eigenvalue weighted by atomic mass is 10.0. The number of nitrogens with one attached hydrogen (secondary N) is 1. The lowest BCUT2D eigenvalue weighted by Crippen LogP contribution is -2.52. The van der Waals surface area contributed by atoms with E-state index in [-0.39, 0.29) is 36.2 Å². The molecule has 1 aromatic heterocycles. The van der Waals surface area contributed by atoms with Crippen molar-refractivity contribution in [1.29, 1.82) is 0 Å². The van der Waals surface area contributed by atoms with Crippen LogP contribution in [0.2, 0.25) is 0 Å². The highest BCUT2D eigenvalue weighted by Crippen LogP contribution is 2.28. The maximum absolute atomic E-state index is 13.2. The van der Waals surface area contributed by atoms with E-state index < -0.39 is 12.1 Å². The van der Waals surface area contributed by atoms with Crippen LogP contribution in [-0.4, -0.2) is 58.8 Å². The van der Waals surface area contributed by atoms with E-state index in [0.29, 0.717) is 25.1 Å². The maximum atomic E-state index is 13.2. The fourth-order valence-electron chi connectivity index (χ4n) is 4.06. The van der Waals surface area contributed by atoms with Crippen molar-refractivity contribution in [2.24, 2.45) is 5.92 Å². The average Bonchev–Trinajstić information content (AvgIpc) is 3.45. The van der Waals surface area contributed by atoms with Gasteiger partial charge in [-0.15, -0.1) is 11.3 Å². The minimum atomic E-state index is -0.702. The Morgan fingerprint density at radius 3 is 2.80 bits per heavy atom. The molecule has 0 spiro atoms. The van der Waals surface area contributed by atoms with Gasteiger partial charge in [0, 0.05) is 17.5 Å². The SMILES string of the molecule is CC(C)C[C@H](NC(=O)c1csc(-c2ccccc2)n1)C(=O)N1CC[C@H]2OCC(=O)[C@H]21. The van der Waals surface area contributed by atoms with Crippen molar-refractivity contribution in [2.45, 2.75) is 44.9 Å². The number of thiazole rings is 1. The Bertz CT molecular complexity index is 943. The van der Waals surface area contributed by atoms with Gasteiger partial charge in [-0.05, 0) is 18.8 Å². The van der Waals surface area contributed by atoms with Crippen LogP contribution in [0.1, 0.15) is 37.2 Å². The number of carbonyl (C=O) groups is 3. The first-order chi connectivity index (χ1) is 14.4. The van der Waals surface area contributed by atoms with Gasteiger partial charge in [0.1, 0.15) is 29.4 Å². The number of ketones is 1. The fourth-order valence-corrected chi connectivity index (χ4v) is 4.86. The van der Waals surface area contributed by atoms with Crippen LogP contribution < -0.4 is 5.32 Å². The third-order valence-corrected chi connectivity index (χ3v) is 6.35. The smallest absolute Gasteiger partial charge is 0.271 e. The van der Waals surface area contributed by atoms with Gasteiger partial charge in [-0.2, -0.15) is 0 Å². The summed E-state index contributed by atoms with van der Waals surface area (Å²) >= 11 is 1.39. The van der Waals surface area contributed by atoms with Gasteiger partial charge in [0.2, 0.25) is 5.91 Å². The number of hydrogen-bond acceptors (Lipinski definition) is 6. The summed E-state index contributed by atoms with van der Waals surface area (Å²) in [5, 5.41) is 5.32. The van der Waals surface area contributed by atoms with Gasteiger partial charge < -0.3 is 15.0 Å². The van der Waals surface area contributed by atoms with Gasteiger partial charge in [0.25, 0.3) is 5.91 Å². The third kappa shape index (κ3) is 4.15. The molecule has 0 radical (unpaired) electrons. The zero-order valence-corrected chi connectivity index (χ0v) is 17.9. The summed E-state index contributed by atoms with van der Waals surface area (Å²) in [6.45, 7) is 4.53. The predicted octanol–water partition coefficient (Wildman–Crippen LogP) is 2.52. The molecule has 1 aromatic carbocycles. The Labute approximate surface area is 179 Å². The molecule has 3 atom stereocenters. The van der Waals surface area contributed by atoms with Crippen LogP contribution in [0.4, 0.5) is 0 Å². The summed E-state index contributed by atoms with van der Waals surface area (Å²) in [4.78, 5) is 44.3. The van der Waals surface area contributed by atoms with E-state index in [0.717, 1.165) is 10.6 Å². The molecular formula is C22H25N3O4S. The molecule has 2 aliphatic rings. The van der Waals surface area contributed by atoms with Crippen molar-refractivity contribution in [1.82, 2.24) is 15.2 Å². The van der Waals surface area contributed by atoms with E-state index in [2.05, 4.69) is 10.3 Å². The molecule has 2 fully saturated rings. The summed E-state index contributed by atoms with van der Waals surface area (Å²) in [5.41, 5.74) is 1.24. The first kappa shape index (κ1) is 20.7. The highest BCUT2D eigenvalue weighted by molar-refractivity contribution is 7.13. The number of carbonyl (C=O) groups excluding carboxylic acids is 3. The molecule has 158 valence electrons. The van der Waals surface area contributed by atoms with E-state index >= 15 is 0 Å². The maximum Gasteiger partial charge on any atom is 0.271 e. The van der Waals surface area contributed by atoms with E-state index in [1.165, 1.54) is 11.3 Å². The Balaban J connectivity index is 1.49. The molecular weight excluding hydrogens is 402 g/mol. The number of ether oxygens (including phenoxy) is 1. The summed E-state index contributed by atoms with van der Waals surface area (Å²) in [7, 11) is 0. The number of fused-ring (bicyclic) bond motifs is 1. The summed E-state index contributed by atoms with van der Waals surface area (Å²) in [6, 6.07) is 8.43. The van der Waals surface area contributed by atoms with Gasteiger partial charge in [0.05, 0.1) is 6.10 Å². The monoisotopic (exact) mass is 427 g/mol. The lowest BCUT2D eigenvalue weighted by Gasteiger charge is -2.28. The van der Waals surface area contributed by atoms with Crippen LogP contribution in [0.3, 0.4) is 0 Å². The first-order valence-electron chi connectivity index (χ1n) is 10.2. The Morgan fingerprint density at radius 1 is 1.30 bits per heavy atom. The van der Waals surface area contributed by atoms with Crippen LogP contribution >= 0.6 is 11.3 Å². The minimum Gasteiger partial charge on any atom is -0.368 e. The fraction of sp³-hybridized carbons (Fsp3) is 0.455. The second-order valence-corrected chi connectivity index (χ2v) is 9.00. The Morgan fingerprint density at radius 2 is 2.07 bits per heavy atom. The van der Waals surface area contributed by atoms with Crippen molar-refractivity contribution in [3.8, 4) is 10.6 Å². The molecule has 0 bridgehead atoms. The molecule has 0 aliphatic carbocycles. The van der Waals surface area contributed by atoms with Crippen LogP contribution in [0.25, 0.3) is 10.6 Å². The number of likely N-dealkylation sites (tertiary alicyclic amines) is 1. The molecule has 0 unspecified atom stereocenters. The van der Waals surface area contributed by atoms with Crippen molar-refractivity contribution in [2.75, 3.05) is 13.2 Å². The molecule has 4 rings (SSSR count). The molecule has 2 amide bonds. The van der Waals surface area contributed by atoms with Gasteiger partial charge >= 0.3 is 0 Å². The highest BCUT2D eigenvalue weighted by atomic mass is 32.1. The molecule has 2 aromatic rings. The minimum absolute atomic E-state index is 0.0570. The number of rotatable bonds is 6. The number of benzene rings is 1. The van der Waals surface area contributed by atoms with Gasteiger partial charge in [0.15, 0.2) is 5.78 Å². The number of amides is 2. The molecule has 7 nitrogen and oxygen atoms in total. The van der Waals surface area contributed by atoms with Crippen molar-refractivity contribution in [3.05, 3.63) is 41.4 Å². The molecule has 8 heteroatoms. The van der Waals surface area contributed by atoms with Crippen molar-refractivity contribution < 1.29 is 19.1 Å². The van der Waals surface area contributed by atoms with E-state index in [4.69, 9.17) is 4.74 Å². The third-order valence-electron chi connectivity index (χ3n) is 5.46. The van der Waals surface area contributed by atoms with E-state index in [1.54, 1.807) is 10.3 Å². The number of nitrogens with zero attached hydrogens (tertiary/aromatic N) is 2. The van der Waals surface area contributed by atoms with Gasteiger partial charge in [-0.25, -0.2) is 4.98 Å². The Hall–Kier alpha value is -2.58. The Kier molecular flexibility index (Phi) is 5.97. The van der Waals surface area contributed by atoms with Crippen molar-refractivity contribution >= 4 is 28.9 Å². The van der Waals surface area contributed by atoms with Gasteiger partial charge in [-0.3, -0.25) is 14.4 Å². The zero-order valence-electron chi connectivity index (χ0n) is 17.0. The quantitative estimate of drug-likeness (QED) is 0.765. The van der Waals surface area contributed by atoms with Gasteiger partial charge in [-0.1, -0.05) is 44.2 Å². The number of aromatic nitrogens is 1. The standard InChI is InChI=1S/C22H25N3O4S/c1-13(2)10-15(22(28)25-9-8-18-19(25)17(26)11-29-18)23-20(27)16-12-30-21(24-16)14-6-4-3-5-7-14/h3-7,12-13,15,18-19H,8-11H2,1-2H3,(H,23,27)/t15-,18+,19+/m0/s1. The molecule has 3 heterocycles. The summed E-state index contributed by atoms with van der Waals surface area (Å²) in [6.07, 6.45) is 0.920. The van der Waals surface area contributed by atoms with Crippen LogP contribution in [0, 0.1) is 5.92 Å². The van der Waals surface area contributed by atoms with Crippen molar-refractivity contribution in [3.63, 3.8) is 0 Å². The highest BCUT2D eigenvalue weighted by Gasteiger charge is 2.48. The number of hydrogen-bond donors (Lipinski definition) is 1. The second kappa shape index (κ2) is 8.65. The predicted molar refractivity (Wildman–Crippen MR) is 113 cm³/mol. The molecule has 1 N–H and O–H groups in total. The lowest BCUT2D eigenvalue weighted by molar-refractivity contribution is -0.138. The number of Topliss-reactive ketones (excluding diaryl/α,β-unsaturated/α-hetero) is 1. The van der Waals surface area contributed by atoms with Crippen LogP contribution in [-0.2, 0) is 14.3 Å². The summed E-state index contributed by atoms with van der Waals surface area (Å²) in [5.74, 6) is -0.463. The topological polar surface area (TPSA) is 88.6 Å². The van der Waals surface area contributed by atoms with Crippen LogP contribution in [0.5, 0.6) is 0 Å². The molecule has 2 saturated heterocycles. The molecule has 30 heavy (non-hydrogen) atoms. The normalized spacial score (nSPS) is 21.7. The summed E-state index contributed by atoms with van der Waals surface area (Å²) < 4.78 is 5.49. The molecule has 2 aliphatic heterocycles. The first-order valence-corrected chi connectivity index (χ1v) is 11.1. The van der Waals surface area contributed by atoms with E-state index in [9.17, 15) is 14.4 Å². The second-order valence-electron chi connectivity index (χ2n) is 8.14.